The molecule has 3 aliphatic heterocycles. The minimum atomic E-state index is -5.19. The number of hydrogen-bond donors (Lipinski definition) is 1. The Morgan fingerprint density at radius 2 is 1.45 bits per heavy atom. The number of pyridine rings is 1. The van der Waals surface area contributed by atoms with Gasteiger partial charge in [-0.05, 0) is 98.0 Å². The van der Waals surface area contributed by atoms with Gasteiger partial charge in [-0.25, -0.2) is 23.1 Å². The molecule has 3 atom stereocenters. The molecular formula is C55H55F6N9O5. The molecule has 0 spiro atoms. The van der Waals surface area contributed by atoms with Gasteiger partial charge in [-0.15, -0.1) is 0 Å². The van der Waals surface area contributed by atoms with Crippen molar-refractivity contribution < 1.29 is 50.0 Å². The van der Waals surface area contributed by atoms with Gasteiger partial charge in [0.2, 0.25) is 5.88 Å². The van der Waals surface area contributed by atoms with E-state index in [0.29, 0.717) is 59.4 Å². The molecule has 20 heteroatoms. The Bertz CT molecular complexity index is 3140. The Morgan fingerprint density at radius 1 is 0.827 bits per heavy atom. The van der Waals surface area contributed by atoms with Crippen molar-refractivity contribution in [3.63, 3.8) is 0 Å². The van der Waals surface area contributed by atoms with Crippen molar-refractivity contribution in [1.29, 1.82) is 0 Å². The number of nitrogens with zero attached hydrogens (tertiary/aromatic N) is 8. The molecule has 10 rings (SSSR count). The van der Waals surface area contributed by atoms with E-state index >= 15 is 22.0 Å². The maximum atomic E-state index is 18.1. The molecule has 75 heavy (non-hydrogen) atoms. The van der Waals surface area contributed by atoms with Gasteiger partial charge in [-0.3, -0.25) is 9.88 Å². The minimum Gasteiger partial charge on any atom is -0.497 e. The largest absolute Gasteiger partial charge is 0.497 e. The zero-order valence-electron chi connectivity index (χ0n) is 42.0. The van der Waals surface area contributed by atoms with Gasteiger partial charge < -0.3 is 38.8 Å². The summed E-state index contributed by atoms with van der Waals surface area (Å²) in [5.41, 5.74) is -2.27. The van der Waals surface area contributed by atoms with Crippen LogP contribution < -0.4 is 38.8 Å². The molecule has 0 amide bonds. The summed E-state index contributed by atoms with van der Waals surface area (Å²) in [4.78, 5) is 28.8. The molecule has 1 N–H and O–H groups in total. The van der Waals surface area contributed by atoms with Gasteiger partial charge in [0.1, 0.15) is 76.4 Å². The number of halogens is 6. The molecule has 0 aliphatic carbocycles. The van der Waals surface area contributed by atoms with Crippen molar-refractivity contribution in [2.24, 2.45) is 0 Å². The maximum absolute atomic E-state index is 18.1. The van der Waals surface area contributed by atoms with E-state index in [2.05, 4.69) is 20.3 Å². The van der Waals surface area contributed by atoms with E-state index in [0.717, 1.165) is 25.0 Å². The average molecular weight is 1040 g/mol. The monoisotopic (exact) mass is 1040 g/mol. The van der Waals surface area contributed by atoms with E-state index in [-0.39, 0.29) is 74.6 Å². The van der Waals surface area contributed by atoms with Crippen LogP contribution in [0.1, 0.15) is 65.7 Å². The number of ether oxygens (including phenoxy) is 5. The van der Waals surface area contributed by atoms with Crippen LogP contribution in [0.15, 0.2) is 91.3 Å². The quantitative estimate of drug-likeness (QED) is 0.0868. The number of alkyl halides is 4. The number of fused-ring (bicyclic) bond motifs is 1. The zero-order valence-corrected chi connectivity index (χ0v) is 42.0. The molecule has 3 aromatic heterocycles. The standard InChI is InChI=1S/C55H55F6N9O5/c1-32-44(55(59,60)61)41(25-42(45(32)57)68(28-35-9-15-39(72-4)16-10-35)29-36-11-17-40(73-5)18-12-36)48-46(58)49-43-51(67-53(66-49)75-31-54-19-6-22-69(54)30-37(56)26-54)70(23-24-74-52(43)65-48)33(2)47-50(63-21-20-62-47)64-27-34-7-13-38(71-3)14-8-34/h7-18,20-21,25,33,37H,6,19,22-24,26-31H2,1-5H3,(H,63,64)/t33-,37-,54+/m1/s1. The number of aromatic nitrogens is 5. The molecule has 7 aromatic rings. The number of anilines is 3. The normalized spacial score (nSPS) is 17.8. The molecule has 0 bridgehead atoms. The summed E-state index contributed by atoms with van der Waals surface area (Å²) in [5, 5.41) is 3.33. The van der Waals surface area contributed by atoms with E-state index in [1.165, 1.54) is 14.2 Å². The van der Waals surface area contributed by atoms with E-state index in [4.69, 9.17) is 33.7 Å². The van der Waals surface area contributed by atoms with Gasteiger partial charge in [0.05, 0.1) is 50.7 Å². The lowest BCUT2D eigenvalue weighted by molar-refractivity contribution is -0.137. The molecule has 2 fully saturated rings. The third-order valence-corrected chi connectivity index (χ3v) is 14.4. The summed E-state index contributed by atoms with van der Waals surface area (Å²) in [5.74, 6) is -0.268. The second-order valence-electron chi connectivity index (χ2n) is 19.0. The van der Waals surface area contributed by atoms with Crippen molar-refractivity contribution in [1.82, 2.24) is 29.8 Å². The number of methoxy groups -OCH3 is 3. The van der Waals surface area contributed by atoms with Gasteiger partial charge in [0.25, 0.3) is 0 Å². The predicted octanol–water partition coefficient (Wildman–Crippen LogP) is 10.8. The van der Waals surface area contributed by atoms with Crippen LogP contribution in [0.3, 0.4) is 0 Å². The Kier molecular flexibility index (Phi) is 14.2. The molecule has 2 saturated heterocycles. The molecule has 392 valence electrons. The first-order chi connectivity index (χ1) is 36.2. The molecule has 0 radical (unpaired) electrons. The van der Waals surface area contributed by atoms with Gasteiger partial charge in [0, 0.05) is 50.6 Å². The van der Waals surface area contributed by atoms with Crippen molar-refractivity contribution in [3.8, 4) is 40.4 Å². The fourth-order valence-electron chi connectivity index (χ4n) is 10.6. The van der Waals surface area contributed by atoms with Crippen molar-refractivity contribution in [2.45, 2.75) is 76.7 Å². The maximum Gasteiger partial charge on any atom is 0.417 e. The first-order valence-corrected chi connectivity index (χ1v) is 24.6. The van der Waals surface area contributed by atoms with Crippen LogP contribution >= 0.6 is 0 Å². The Balaban J connectivity index is 1.12. The second kappa shape index (κ2) is 21.0. The third-order valence-electron chi connectivity index (χ3n) is 14.4. The highest BCUT2D eigenvalue weighted by atomic mass is 19.4. The SMILES string of the molecule is COc1ccc(CNc2nccnc2[C@@H](C)N2CCOc3nc(-c4cc(N(Cc5ccc(OC)cc5)Cc5ccc(OC)cc5)c(F)c(C)c4C(F)(F)F)c(F)c4nc(OC[C@@]56CCCN5C[C@H](F)C6)nc2c34)cc1. The van der Waals surface area contributed by atoms with Crippen molar-refractivity contribution in [2.75, 3.05) is 69.3 Å². The Labute approximate surface area is 429 Å². The zero-order chi connectivity index (χ0) is 52.6. The summed E-state index contributed by atoms with van der Waals surface area (Å²) in [6.07, 6.45) is -1.48. The Hall–Kier alpha value is -7.61. The smallest absolute Gasteiger partial charge is 0.417 e. The molecule has 0 unspecified atom stereocenters. The molecule has 4 aromatic carbocycles. The van der Waals surface area contributed by atoms with Crippen LogP contribution in [0, 0.1) is 18.6 Å². The predicted molar refractivity (Wildman–Crippen MR) is 270 cm³/mol. The topological polar surface area (TPSA) is 132 Å². The van der Waals surface area contributed by atoms with E-state index in [9.17, 15) is 4.39 Å². The summed E-state index contributed by atoms with van der Waals surface area (Å²) in [7, 11) is 4.63. The lowest BCUT2D eigenvalue weighted by Gasteiger charge is -2.32. The highest BCUT2D eigenvalue weighted by Gasteiger charge is 2.50. The summed E-state index contributed by atoms with van der Waals surface area (Å²) >= 11 is 0. The van der Waals surface area contributed by atoms with Crippen LogP contribution in [0.5, 0.6) is 29.1 Å². The first-order valence-electron chi connectivity index (χ1n) is 24.6. The fraction of sp³-hybridized carbons (Fsp3) is 0.364. The van der Waals surface area contributed by atoms with Crippen LogP contribution in [-0.2, 0) is 25.8 Å². The van der Waals surface area contributed by atoms with Gasteiger partial charge in [0.15, 0.2) is 5.82 Å². The van der Waals surface area contributed by atoms with Gasteiger partial charge >= 0.3 is 12.2 Å². The van der Waals surface area contributed by atoms with E-state index in [1.807, 2.05) is 41.0 Å². The van der Waals surface area contributed by atoms with Crippen molar-refractivity contribution in [3.05, 3.63) is 136 Å². The van der Waals surface area contributed by atoms with Crippen LogP contribution in [-0.4, -0.2) is 95.7 Å². The number of nitrogens with one attached hydrogen (secondary N) is 1. The van der Waals surface area contributed by atoms with E-state index in [1.54, 1.807) is 72.9 Å². The average Bonchev–Trinajstić information content (AvgIpc) is 3.89. The highest BCUT2D eigenvalue weighted by molar-refractivity contribution is 5.97. The number of benzene rings is 4. The molecule has 14 nitrogen and oxygen atoms in total. The molecular weight excluding hydrogens is 981 g/mol. The van der Waals surface area contributed by atoms with Crippen LogP contribution in [0.25, 0.3) is 22.2 Å². The minimum absolute atomic E-state index is 0.0249. The van der Waals surface area contributed by atoms with Gasteiger partial charge in [-0.2, -0.15) is 23.1 Å². The van der Waals surface area contributed by atoms with Crippen molar-refractivity contribution >= 4 is 28.2 Å². The van der Waals surface area contributed by atoms with Crippen LogP contribution in [0.4, 0.5) is 43.7 Å². The molecule has 0 saturated carbocycles. The highest BCUT2D eigenvalue weighted by Crippen LogP contribution is 2.48. The Morgan fingerprint density at radius 3 is 2.08 bits per heavy atom. The third kappa shape index (κ3) is 10.2. The summed E-state index contributed by atoms with van der Waals surface area (Å²) in [6.45, 7) is 4.21. The second-order valence-corrected chi connectivity index (χ2v) is 19.0. The fourth-order valence-corrected chi connectivity index (χ4v) is 10.6. The van der Waals surface area contributed by atoms with Gasteiger partial charge in [-0.1, -0.05) is 36.4 Å². The first kappa shape index (κ1) is 50.9. The lowest BCUT2D eigenvalue weighted by atomic mass is 9.95. The molecule has 3 aliphatic rings. The lowest BCUT2D eigenvalue weighted by Crippen LogP contribution is -2.43. The summed E-state index contributed by atoms with van der Waals surface area (Å²) < 4.78 is 126. The number of hydrogen-bond acceptors (Lipinski definition) is 14. The number of rotatable bonds is 17. The molecule has 6 heterocycles. The van der Waals surface area contributed by atoms with E-state index < -0.39 is 63.5 Å². The summed E-state index contributed by atoms with van der Waals surface area (Å²) in [6, 6.07) is 21.5. The van der Waals surface area contributed by atoms with Crippen LogP contribution in [0.2, 0.25) is 0 Å².